The third kappa shape index (κ3) is 3.07. The minimum absolute atomic E-state index is 0.0311. The zero-order valence-electron chi connectivity index (χ0n) is 13.3. The molecule has 2 N–H and O–H groups in total. The number of hydrogen-bond donors (Lipinski definition) is 2. The Kier molecular flexibility index (Phi) is 3.68. The molecule has 1 heterocycles. The summed E-state index contributed by atoms with van der Waals surface area (Å²) in [5, 5.41) is 6.76. The van der Waals surface area contributed by atoms with Crippen molar-refractivity contribution in [2.45, 2.75) is 58.5 Å². The molecule has 3 heteroatoms. The summed E-state index contributed by atoms with van der Waals surface area (Å²) in [5.41, 5.74) is 2.81. The molecule has 3 atom stereocenters. The predicted octanol–water partition coefficient (Wildman–Crippen LogP) is 3.35. The van der Waals surface area contributed by atoms with Crippen molar-refractivity contribution in [1.82, 2.24) is 5.32 Å². The van der Waals surface area contributed by atoms with Crippen molar-refractivity contribution in [3.05, 3.63) is 29.8 Å². The number of carbonyl (C=O) groups excluding carboxylic acids is 1. The zero-order chi connectivity index (χ0) is 15.0. The van der Waals surface area contributed by atoms with E-state index in [0.29, 0.717) is 11.5 Å². The third-order valence-corrected chi connectivity index (χ3v) is 5.10. The Bertz CT molecular complexity index is 538. The monoisotopic (exact) mass is 286 g/mol. The van der Waals surface area contributed by atoms with Gasteiger partial charge in [0.2, 0.25) is 5.91 Å². The Morgan fingerprint density at radius 2 is 2.10 bits per heavy atom. The lowest BCUT2D eigenvalue weighted by Crippen LogP contribution is -2.46. The smallest absolute Gasteiger partial charge is 0.225 e. The van der Waals surface area contributed by atoms with Gasteiger partial charge in [-0.1, -0.05) is 32.0 Å². The van der Waals surface area contributed by atoms with Crippen molar-refractivity contribution in [1.29, 1.82) is 0 Å². The molecule has 0 radical (unpaired) electrons. The van der Waals surface area contributed by atoms with Gasteiger partial charge in [0.25, 0.3) is 0 Å². The van der Waals surface area contributed by atoms with Crippen LogP contribution in [0.2, 0.25) is 0 Å². The van der Waals surface area contributed by atoms with Crippen LogP contribution in [0.3, 0.4) is 0 Å². The molecule has 2 aliphatic rings. The number of hydrogen-bond acceptors (Lipinski definition) is 2. The molecule has 21 heavy (non-hydrogen) atoms. The fraction of sp³-hybridized carbons (Fsp3) is 0.611. The maximum atomic E-state index is 12.6. The van der Waals surface area contributed by atoms with Crippen LogP contribution in [0.5, 0.6) is 0 Å². The minimum atomic E-state index is 0.0311. The molecule has 114 valence electrons. The largest absolute Gasteiger partial charge is 0.382 e. The van der Waals surface area contributed by atoms with Crippen molar-refractivity contribution >= 4 is 11.6 Å². The van der Waals surface area contributed by atoms with Crippen LogP contribution >= 0.6 is 0 Å². The second-order valence-corrected chi connectivity index (χ2v) is 7.51. The van der Waals surface area contributed by atoms with E-state index in [1.807, 2.05) is 12.1 Å². The van der Waals surface area contributed by atoms with Gasteiger partial charge in [-0.2, -0.15) is 0 Å². The van der Waals surface area contributed by atoms with Crippen molar-refractivity contribution in [3.8, 4) is 0 Å². The summed E-state index contributed by atoms with van der Waals surface area (Å²) >= 11 is 0. The summed E-state index contributed by atoms with van der Waals surface area (Å²) < 4.78 is 0. The molecule has 1 fully saturated rings. The first-order valence-electron chi connectivity index (χ1n) is 8.09. The molecule has 0 saturated heterocycles. The van der Waals surface area contributed by atoms with Gasteiger partial charge in [-0.15, -0.1) is 0 Å². The van der Waals surface area contributed by atoms with Gasteiger partial charge in [0.15, 0.2) is 0 Å². The predicted molar refractivity (Wildman–Crippen MR) is 86.3 cm³/mol. The van der Waals surface area contributed by atoms with Gasteiger partial charge in [-0.05, 0) is 49.7 Å². The summed E-state index contributed by atoms with van der Waals surface area (Å²) in [6.07, 6.45) is 4.26. The highest BCUT2D eigenvalue weighted by molar-refractivity contribution is 5.81. The lowest BCUT2D eigenvalue weighted by atomic mass is 9.87. The number of amides is 1. The highest BCUT2D eigenvalue weighted by atomic mass is 16.2. The first-order chi connectivity index (χ1) is 9.94. The SMILES string of the molecule is CC1Nc2ccccc2CC1C(=O)NC1CCC(C)(C)C1. The minimum Gasteiger partial charge on any atom is -0.382 e. The summed E-state index contributed by atoms with van der Waals surface area (Å²) in [7, 11) is 0. The Morgan fingerprint density at radius 3 is 2.81 bits per heavy atom. The molecule has 3 rings (SSSR count). The molecule has 0 aromatic heterocycles. The lowest BCUT2D eigenvalue weighted by Gasteiger charge is -2.32. The standard InChI is InChI=1S/C18H26N2O/c1-12-15(10-13-6-4-5-7-16(13)19-12)17(21)20-14-8-9-18(2,3)11-14/h4-7,12,14-15,19H,8-11H2,1-3H3,(H,20,21). The lowest BCUT2D eigenvalue weighted by molar-refractivity contribution is -0.126. The van der Waals surface area contributed by atoms with Gasteiger partial charge in [0.1, 0.15) is 0 Å². The molecular formula is C18H26N2O. The van der Waals surface area contributed by atoms with Crippen LogP contribution < -0.4 is 10.6 Å². The summed E-state index contributed by atoms with van der Waals surface area (Å²) in [6, 6.07) is 8.85. The molecule has 1 amide bonds. The number of nitrogens with one attached hydrogen (secondary N) is 2. The summed E-state index contributed by atoms with van der Waals surface area (Å²) in [5.74, 6) is 0.246. The number of benzene rings is 1. The van der Waals surface area contributed by atoms with Gasteiger partial charge in [0, 0.05) is 17.8 Å². The second kappa shape index (κ2) is 5.36. The molecule has 3 unspecified atom stereocenters. The molecule has 0 bridgehead atoms. The average molecular weight is 286 g/mol. The van der Waals surface area contributed by atoms with E-state index in [1.54, 1.807) is 0 Å². The molecule has 1 aliphatic heterocycles. The molecule has 0 spiro atoms. The van der Waals surface area contributed by atoms with Crippen LogP contribution in [0.15, 0.2) is 24.3 Å². The quantitative estimate of drug-likeness (QED) is 0.875. The summed E-state index contributed by atoms with van der Waals surface area (Å²) in [6.45, 7) is 6.69. The third-order valence-electron chi connectivity index (χ3n) is 5.10. The Hall–Kier alpha value is -1.51. The van der Waals surface area contributed by atoms with Crippen molar-refractivity contribution in [2.24, 2.45) is 11.3 Å². The molecule has 1 saturated carbocycles. The number of rotatable bonds is 2. The van der Waals surface area contributed by atoms with Crippen molar-refractivity contribution in [2.75, 3.05) is 5.32 Å². The first kappa shape index (κ1) is 14.4. The fourth-order valence-electron chi connectivity index (χ4n) is 3.79. The molecule has 1 aliphatic carbocycles. The van der Waals surface area contributed by atoms with E-state index in [9.17, 15) is 4.79 Å². The van der Waals surface area contributed by atoms with Crippen LogP contribution in [0.4, 0.5) is 5.69 Å². The van der Waals surface area contributed by atoms with E-state index < -0.39 is 0 Å². The van der Waals surface area contributed by atoms with E-state index in [2.05, 4.69) is 43.5 Å². The van der Waals surface area contributed by atoms with Crippen molar-refractivity contribution < 1.29 is 4.79 Å². The Labute approximate surface area is 127 Å². The van der Waals surface area contributed by atoms with Crippen LogP contribution in [0.25, 0.3) is 0 Å². The number of para-hydroxylation sites is 1. The summed E-state index contributed by atoms with van der Waals surface area (Å²) in [4.78, 5) is 12.6. The van der Waals surface area contributed by atoms with Gasteiger partial charge in [-0.25, -0.2) is 0 Å². The van der Waals surface area contributed by atoms with Crippen LogP contribution in [-0.2, 0) is 11.2 Å². The molecular weight excluding hydrogens is 260 g/mol. The number of carbonyl (C=O) groups is 1. The maximum absolute atomic E-state index is 12.6. The highest BCUT2D eigenvalue weighted by Gasteiger charge is 2.35. The van der Waals surface area contributed by atoms with E-state index in [-0.39, 0.29) is 17.9 Å². The molecule has 3 nitrogen and oxygen atoms in total. The topological polar surface area (TPSA) is 41.1 Å². The number of anilines is 1. The first-order valence-corrected chi connectivity index (χ1v) is 8.09. The van der Waals surface area contributed by atoms with Crippen LogP contribution in [-0.4, -0.2) is 18.0 Å². The van der Waals surface area contributed by atoms with E-state index in [0.717, 1.165) is 19.3 Å². The molecule has 1 aromatic rings. The normalized spacial score (nSPS) is 30.3. The van der Waals surface area contributed by atoms with E-state index >= 15 is 0 Å². The zero-order valence-corrected chi connectivity index (χ0v) is 13.3. The van der Waals surface area contributed by atoms with Crippen molar-refractivity contribution in [3.63, 3.8) is 0 Å². The second-order valence-electron chi connectivity index (χ2n) is 7.51. The van der Waals surface area contributed by atoms with Crippen LogP contribution in [0, 0.1) is 11.3 Å². The maximum Gasteiger partial charge on any atom is 0.225 e. The van der Waals surface area contributed by atoms with E-state index in [4.69, 9.17) is 0 Å². The van der Waals surface area contributed by atoms with Crippen LogP contribution in [0.1, 0.15) is 45.6 Å². The van der Waals surface area contributed by atoms with E-state index in [1.165, 1.54) is 17.7 Å². The van der Waals surface area contributed by atoms with Gasteiger partial charge < -0.3 is 10.6 Å². The fourth-order valence-corrected chi connectivity index (χ4v) is 3.79. The van der Waals surface area contributed by atoms with Gasteiger partial charge in [0.05, 0.1) is 5.92 Å². The Balaban J connectivity index is 1.66. The average Bonchev–Trinajstić information content (AvgIpc) is 2.77. The highest BCUT2D eigenvalue weighted by Crippen LogP contribution is 2.37. The van der Waals surface area contributed by atoms with Gasteiger partial charge >= 0.3 is 0 Å². The molecule has 1 aromatic carbocycles. The number of fused-ring (bicyclic) bond motifs is 1. The Morgan fingerprint density at radius 1 is 1.33 bits per heavy atom. The van der Waals surface area contributed by atoms with Gasteiger partial charge in [-0.3, -0.25) is 4.79 Å².